The van der Waals surface area contributed by atoms with Gasteiger partial charge in [-0.05, 0) is 37.5 Å². The molecule has 0 bridgehead atoms. The molecule has 6 heteroatoms. The van der Waals surface area contributed by atoms with Crippen LogP contribution in [0.1, 0.15) is 46.5 Å². The molecule has 1 saturated heterocycles. The summed E-state index contributed by atoms with van der Waals surface area (Å²) >= 11 is 0. The predicted octanol–water partition coefficient (Wildman–Crippen LogP) is 3.24. The second kappa shape index (κ2) is 7.01. The van der Waals surface area contributed by atoms with E-state index < -0.39 is 15.4 Å². The topological polar surface area (TPSA) is 66.5 Å². The van der Waals surface area contributed by atoms with E-state index in [4.69, 9.17) is 0 Å². The summed E-state index contributed by atoms with van der Waals surface area (Å²) in [4.78, 5) is 12.5. The van der Waals surface area contributed by atoms with E-state index in [1.807, 2.05) is 20.8 Å². The highest BCUT2D eigenvalue weighted by Crippen LogP contribution is 2.25. The number of carbonyl (C=O) groups is 1. The van der Waals surface area contributed by atoms with Gasteiger partial charge in [0.05, 0.1) is 4.90 Å². The van der Waals surface area contributed by atoms with Crippen molar-refractivity contribution in [3.05, 3.63) is 24.3 Å². The second-order valence-corrected chi connectivity index (χ2v) is 8.62. The molecule has 1 aliphatic heterocycles. The minimum absolute atomic E-state index is 0.104. The molecule has 1 aliphatic rings. The van der Waals surface area contributed by atoms with Crippen LogP contribution < -0.4 is 5.32 Å². The molecule has 128 valence electrons. The Balaban J connectivity index is 2.21. The number of nitrogens with one attached hydrogen (secondary N) is 1. The van der Waals surface area contributed by atoms with Crippen molar-refractivity contribution in [2.75, 3.05) is 18.4 Å². The number of amides is 1. The summed E-state index contributed by atoms with van der Waals surface area (Å²) in [6, 6.07) is 6.53. The van der Waals surface area contributed by atoms with Crippen LogP contribution >= 0.6 is 0 Å². The van der Waals surface area contributed by atoms with Crippen molar-refractivity contribution < 1.29 is 13.2 Å². The average molecular weight is 338 g/mol. The largest absolute Gasteiger partial charge is 0.326 e. The van der Waals surface area contributed by atoms with E-state index in [1.165, 1.54) is 4.31 Å². The van der Waals surface area contributed by atoms with E-state index in [-0.39, 0.29) is 10.8 Å². The van der Waals surface area contributed by atoms with Crippen LogP contribution in [-0.2, 0) is 14.8 Å². The maximum Gasteiger partial charge on any atom is 0.243 e. The van der Waals surface area contributed by atoms with Crippen molar-refractivity contribution in [2.45, 2.75) is 51.3 Å². The third-order valence-corrected chi connectivity index (χ3v) is 6.44. The van der Waals surface area contributed by atoms with Crippen LogP contribution in [0.15, 0.2) is 29.2 Å². The lowest BCUT2D eigenvalue weighted by atomic mass is 9.89. The van der Waals surface area contributed by atoms with E-state index in [0.29, 0.717) is 25.2 Å². The van der Waals surface area contributed by atoms with E-state index in [9.17, 15) is 13.2 Å². The van der Waals surface area contributed by atoms with Crippen LogP contribution in [0.3, 0.4) is 0 Å². The summed E-state index contributed by atoms with van der Waals surface area (Å²) in [6.45, 7) is 6.84. The molecule has 0 aliphatic carbocycles. The molecule has 0 spiro atoms. The van der Waals surface area contributed by atoms with Gasteiger partial charge in [-0.25, -0.2) is 8.42 Å². The van der Waals surface area contributed by atoms with Crippen LogP contribution in [0.4, 0.5) is 5.69 Å². The van der Waals surface area contributed by atoms with Crippen LogP contribution in [0.2, 0.25) is 0 Å². The van der Waals surface area contributed by atoms with Gasteiger partial charge in [0.15, 0.2) is 0 Å². The monoisotopic (exact) mass is 338 g/mol. The van der Waals surface area contributed by atoms with Crippen LogP contribution in [0, 0.1) is 5.41 Å². The van der Waals surface area contributed by atoms with E-state index in [0.717, 1.165) is 19.3 Å². The van der Waals surface area contributed by atoms with Gasteiger partial charge in [0, 0.05) is 24.2 Å². The highest BCUT2D eigenvalue weighted by Gasteiger charge is 2.28. The van der Waals surface area contributed by atoms with E-state index >= 15 is 0 Å². The summed E-state index contributed by atoms with van der Waals surface area (Å²) < 4.78 is 26.9. The Kier molecular flexibility index (Phi) is 5.47. The standard InChI is InChI=1S/C17H26N2O3S/c1-4-17(2,3)16(20)18-14-9-8-10-15(13-14)23(21,22)19-11-6-5-7-12-19/h8-10,13H,4-7,11-12H2,1-3H3,(H,18,20). The van der Waals surface area contributed by atoms with Crippen molar-refractivity contribution in [2.24, 2.45) is 5.41 Å². The number of piperidine rings is 1. The van der Waals surface area contributed by atoms with Gasteiger partial charge >= 0.3 is 0 Å². The van der Waals surface area contributed by atoms with E-state index in [1.54, 1.807) is 24.3 Å². The Bertz CT molecular complexity index is 662. The van der Waals surface area contributed by atoms with Crippen LogP contribution in [-0.4, -0.2) is 31.7 Å². The zero-order valence-corrected chi connectivity index (χ0v) is 14.9. The van der Waals surface area contributed by atoms with Gasteiger partial charge in [-0.2, -0.15) is 4.31 Å². The molecule has 1 aromatic rings. The summed E-state index contributed by atoms with van der Waals surface area (Å²) in [5.41, 5.74) is 0.0384. The van der Waals surface area contributed by atoms with Crippen molar-refractivity contribution in [1.82, 2.24) is 4.31 Å². The number of sulfonamides is 1. The number of benzene rings is 1. The Morgan fingerprint density at radius 1 is 1.22 bits per heavy atom. The van der Waals surface area contributed by atoms with Gasteiger partial charge in [0.2, 0.25) is 15.9 Å². The smallest absolute Gasteiger partial charge is 0.243 e. The van der Waals surface area contributed by atoms with Crippen molar-refractivity contribution >= 4 is 21.6 Å². The fraction of sp³-hybridized carbons (Fsp3) is 0.588. The lowest BCUT2D eigenvalue weighted by Crippen LogP contribution is -2.35. The summed E-state index contributed by atoms with van der Waals surface area (Å²) in [6.07, 6.45) is 3.60. The fourth-order valence-corrected chi connectivity index (χ4v) is 4.01. The Labute approximate surface area is 139 Å². The molecule has 5 nitrogen and oxygen atoms in total. The molecule has 1 aromatic carbocycles. The zero-order valence-electron chi connectivity index (χ0n) is 14.1. The molecule has 1 N–H and O–H groups in total. The van der Waals surface area contributed by atoms with Gasteiger partial charge in [-0.15, -0.1) is 0 Å². The van der Waals surface area contributed by atoms with E-state index in [2.05, 4.69) is 5.32 Å². The minimum atomic E-state index is -3.48. The molecule has 0 aromatic heterocycles. The SMILES string of the molecule is CCC(C)(C)C(=O)Nc1cccc(S(=O)(=O)N2CCCCC2)c1. The Morgan fingerprint density at radius 3 is 2.48 bits per heavy atom. The molecular formula is C17H26N2O3S. The number of rotatable bonds is 5. The van der Waals surface area contributed by atoms with Crippen molar-refractivity contribution in [1.29, 1.82) is 0 Å². The molecule has 1 heterocycles. The summed E-state index contributed by atoms with van der Waals surface area (Å²) in [5.74, 6) is -0.104. The average Bonchev–Trinajstić information content (AvgIpc) is 2.56. The normalized spacial score (nSPS) is 17.0. The lowest BCUT2D eigenvalue weighted by molar-refractivity contribution is -0.124. The van der Waals surface area contributed by atoms with Crippen molar-refractivity contribution in [3.63, 3.8) is 0 Å². The summed E-state index contributed by atoms with van der Waals surface area (Å²) in [7, 11) is -3.48. The van der Waals surface area contributed by atoms with Crippen LogP contribution in [0.5, 0.6) is 0 Å². The number of hydrogen-bond acceptors (Lipinski definition) is 3. The quantitative estimate of drug-likeness (QED) is 0.896. The van der Waals surface area contributed by atoms with Gasteiger partial charge < -0.3 is 5.32 Å². The van der Waals surface area contributed by atoms with Gasteiger partial charge in [0.1, 0.15) is 0 Å². The first-order valence-electron chi connectivity index (χ1n) is 8.19. The number of carbonyl (C=O) groups excluding carboxylic acids is 1. The third kappa shape index (κ3) is 4.12. The van der Waals surface area contributed by atoms with Gasteiger partial charge in [0.25, 0.3) is 0 Å². The lowest BCUT2D eigenvalue weighted by Gasteiger charge is -2.26. The maximum absolute atomic E-state index is 12.7. The first-order chi connectivity index (χ1) is 10.8. The highest BCUT2D eigenvalue weighted by molar-refractivity contribution is 7.89. The zero-order chi connectivity index (χ0) is 17.1. The predicted molar refractivity (Wildman–Crippen MR) is 91.8 cm³/mol. The molecule has 23 heavy (non-hydrogen) atoms. The molecule has 0 radical (unpaired) electrons. The first-order valence-corrected chi connectivity index (χ1v) is 9.63. The van der Waals surface area contributed by atoms with Crippen LogP contribution in [0.25, 0.3) is 0 Å². The third-order valence-electron chi connectivity index (χ3n) is 4.54. The molecule has 1 fully saturated rings. The fourth-order valence-electron chi connectivity index (χ4n) is 2.45. The summed E-state index contributed by atoms with van der Waals surface area (Å²) in [5, 5.41) is 2.83. The molecule has 2 rings (SSSR count). The number of nitrogens with zero attached hydrogens (tertiary/aromatic N) is 1. The first kappa shape index (κ1) is 17.9. The number of anilines is 1. The number of hydrogen-bond donors (Lipinski definition) is 1. The molecule has 1 amide bonds. The van der Waals surface area contributed by atoms with Gasteiger partial charge in [-0.1, -0.05) is 33.3 Å². The van der Waals surface area contributed by atoms with Gasteiger partial charge in [-0.3, -0.25) is 4.79 Å². The van der Waals surface area contributed by atoms with Crippen molar-refractivity contribution in [3.8, 4) is 0 Å². The Morgan fingerprint density at radius 2 is 1.87 bits per heavy atom. The molecular weight excluding hydrogens is 312 g/mol. The Hall–Kier alpha value is -1.40. The molecule has 0 saturated carbocycles. The second-order valence-electron chi connectivity index (χ2n) is 6.68. The molecule has 0 atom stereocenters. The maximum atomic E-state index is 12.7. The highest BCUT2D eigenvalue weighted by atomic mass is 32.2. The molecule has 0 unspecified atom stereocenters. The minimum Gasteiger partial charge on any atom is -0.326 e.